The zero-order valence-electron chi connectivity index (χ0n) is 11.8. The molecule has 0 aliphatic heterocycles. The SMILES string of the molecule is CN(C)c1ccnc2sc3c(=O)n(-c4nccs4)cnc3c12. The number of thiazole rings is 1. The summed E-state index contributed by atoms with van der Waals surface area (Å²) in [5.41, 5.74) is 1.61. The summed E-state index contributed by atoms with van der Waals surface area (Å²) in [6.45, 7) is 0. The summed E-state index contributed by atoms with van der Waals surface area (Å²) in [4.78, 5) is 28.6. The molecule has 4 aromatic heterocycles. The molecule has 4 aromatic rings. The normalized spacial score (nSPS) is 11.4. The summed E-state index contributed by atoms with van der Waals surface area (Å²) in [6, 6.07) is 1.93. The first-order chi connectivity index (χ1) is 10.7. The molecule has 4 rings (SSSR count). The Morgan fingerprint density at radius 2 is 2.05 bits per heavy atom. The summed E-state index contributed by atoms with van der Waals surface area (Å²) >= 11 is 2.78. The Balaban J connectivity index is 2.11. The molecule has 0 N–H and O–H groups in total. The quantitative estimate of drug-likeness (QED) is 0.565. The summed E-state index contributed by atoms with van der Waals surface area (Å²) in [7, 11) is 3.93. The minimum absolute atomic E-state index is 0.104. The lowest BCUT2D eigenvalue weighted by molar-refractivity contribution is 0.952. The first-order valence-electron chi connectivity index (χ1n) is 6.53. The molecule has 0 spiro atoms. The molecule has 0 radical (unpaired) electrons. The van der Waals surface area contributed by atoms with E-state index in [1.54, 1.807) is 18.7 Å². The van der Waals surface area contributed by atoms with Gasteiger partial charge in [0, 0.05) is 31.9 Å². The van der Waals surface area contributed by atoms with E-state index in [0.29, 0.717) is 15.3 Å². The van der Waals surface area contributed by atoms with Crippen LogP contribution >= 0.6 is 22.7 Å². The van der Waals surface area contributed by atoms with Crippen molar-refractivity contribution < 1.29 is 0 Å². The van der Waals surface area contributed by atoms with Crippen LogP contribution in [0.4, 0.5) is 5.69 Å². The molecule has 0 amide bonds. The van der Waals surface area contributed by atoms with Crippen molar-refractivity contribution in [1.82, 2.24) is 19.5 Å². The fourth-order valence-corrected chi connectivity index (χ4v) is 4.04. The van der Waals surface area contributed by atoms with Gasteiger partial charge in [0.15, 0.2) is 5.13 Å². The molecule has 22 heavy (non-hydrogen) atoms. The third-order valence-corrected chi connectivity index (χ3v) is 5.21. The lowest BCUT2D eigenvalue weighted by Crippen LogP contribution is -2.17. The topological polar surface area (TPSA) is 63.9 Å². The second kappa shape index (κ2) is 4.85. The number of thiophene rings is 1. The lowest BCUT2D eigenvalue weighted by Gasteiger charge is -2.13. The maximum Gasteiger partial charge on any atom is 0.277 e. The van der Waals surface area contributed by atoms with Gasteiger partial charge in [-0.25, -0.2) is 19.5 Å². The van der Waals surface area contributed by atoms with Crippen LogP contribution in [0.5, 0.6) is 0 Å². The minimum atomic E-state index is -0.104. The van der Waals surface area contributed by atoms with Gasteiger partial charge in [0.25, 0.3) is 5.56 Å². The van der Waals surface area contributed by atoms with E-state index in [1.165, 1.54) is 27.2 Å². The maximum absolute atomic E-state index is 12.7. The van der Waals surface area contributed by atoms with Crippen molar-refractivity contribution in [3.8, 4) is 5.13 Å². The van der Waals surface area contributed by atoms with Gasteiger partial charge in [-0.1, -0.05) is 0 Å². The Kier molecular flexibility index (Phi) is 2.95. The predicted molar refractivity (Wildman–Crippen MR) is 90.5 cm³/mol. The van der Waals surface area contributed by atoms with Gasteiger partial charge >= 0.3 is 0 Å². The third-order valence-electron chi connectivity index (χ3n) is 3.37. The van der Waals surface area contributed by atoms with Gasteiger partial charge in [-0.3, -0.25) is 4.79 Å². The largest absolute Gasteiger partial charge is 0.377 e. The second-order valence-electron chi connectivity index (χ2n) is 4.92. The molecule has 0 bridgehead atoms. The summed E-state index contributed by atoms with van der Waals surface area (Å²) < 4.78 is 2.09. The van der Waals surface area contributed by atoms with E-state index >= 15 is 0 Å². The molecule has 0 aliphatic rings. The van der Waals surface area contributed by atoms with Crippen LogP contribution < -0.4 is 10.5 Å². The molecular formula is C14H11N5OS2. The zero-order valence-corrected chi connectivity index (χ0v) is 13.5. The molecule has 0 atom stereocenters. The van der Waals surface area contributed by atoms with Crippen LogP contribution in [-0.4, -0.2) is 33.6 Å². The van der Waals surface area contributed by atoms with E-state index in [2.05, 4.69) is 15.0 Å². The fourth-order valence-electron chi connectivity index (χ4n) is 2.38. The van der Waals surface area contributed by atoms with Crippen LogP contribution in [-0.2, 0) is 0 Å². The highest BCUT2D eigenvalue weighted by Crippen LogP contribution is 2.35. The summed E-state index contributed by atoms with van der Waals surface area (Å²) in [5, 5.41) is 3.39. The van der Waals surface area contributed by atoms with E-state index in [9.17, 15) is 4.79 Å². The number of fused-ring (bicyclic) bond motifs is 3. The van der Waals surface area contributed by atoms with Crippen molar-refractivity contribution in [1.29, 1.82) is 0 Å². The van der Waals surface area contributed by atoms with Gasteiger partial charge in [-0.2, -0.15) is 0 Å². The first kappa shape index (κ1) is 13.4. The van der Waals surface area contributed by atoms with Crippen molar-refractivity contribution in [2.24, 2.45) is 0 Å². The molecule has 0 saturated heterocycles. The average Bonchev–Trinajstić information content (AvgIpc) is 3.14. The Morgan fingerprint density at radius 3 is 2.77 bits per heavy atom. The fraction of sp³-hybridized carbons (Fsp3) is 0.143. The Morgan fingerprint density at radius 1 is 1.18 bits per heavy atom. The number of hydrogen-bond acceptors (Lipinski definition) is 7. The number of nitrogens with zero attached hydrogens (tertiary/aromatic N) is 5. The minimum Gasteiger partial charge on any atom is -0.377 e. The predicted octanol–water partition coefficient (Wildman–Crippen LogP) is 2.52. The van der Waals surface area contributed by atoms with Crippen LogP contribution in [0.25, 0.3) is 25.6 Å². The molecule has 110 valence electrons. The molecule has 0 aromatic carbocycles. The Bertz CT molecular complexity index is 1030. The highest BCUT2D eigenvalue weighted by atomic mass is 32.1. The number of rotatable bonds is 2. The molecule has 4 heterocycles. The van der Waals surface area contributed by atoms with Gasteiger partial charge in [-0.05, 0) is 6.07 Å². The van der Waals surface area contributed by atoms with Crippen LogP contribution in [0.15, 0.2) is 35.0 Å². The number of hydrogen-bond donors (Lipinski definition) is 0. The molecule has 0 aliphatic carbocycles. The van der Waals surface area contributed by atoms with Gasteiger partial charge in [0.2, 0.25) is 0 Å². The highest BCUT2D eigenvalue weighted by Gasteiger charge is 2.17. The van der Waals surface area contributed by atoms with Crippen molar-refractivity contribution in [2.75, 3.05) is 19.0 Å². The van der Waals surface area contributed by atoms with E-state index < -0.39 is 0 Å². The van der Waals surface area contributed by atoms with E-state index in [4.69, 9.17) is 0 Å². The van der Waals surface area contributed by atoms with Gasteiger partial charge in [0.05, 0.1) is 11.1 Å². The highest BCUT2D eigenvalue weighted by molar-refractivity contribution is 7.25. The number of aromatic nitrogens is 4. The summed E-state index contributed by atoms with van der Waals surface area (Å²) in [6.07, 6.45) is 4.97. The zero-order chi connectivity index (χ0) is 15.3. The van der Waals surface area contributed by atoms with Crippen LogP contribution in [0, 0.1) is 0 Å². The molecular weight excluding hydrogens is 318 g/mol. The number of anilines is 1. The van der Waals surface area contributed by atoms with Crippen LogP contribution in [0.3, 0.4) is 0 Å². The first-order valence-corrected chi connectivity index (χ1v) is 8.22. The van der Waals surface area contributed by atoms with Crippen molar-refractivity contribution >= 4 is 48.8 Å². The third kappa shape index (κ3) is 1.84. The van der Waals surface area contributed by atoms with Crippen molar-refractivity contribution in [2.45, 2.75) is 0 Å². The van der Waals surface area contributed by atoms with E-state index in [0.717, 1.165) is 15.9 Å². The lowest BCUT2D eigenvalue weighted by atomic mass is 10.2. The van der Waals surface area contributed by atoms with Gasteiger partial charge < -0.3 is 4.90 Å². The molecule has 6 nitrogen and oxygen atoms in total. The van der Waals surface area contributed by atoms with Crippen LogP contribution in [0.2, 0.25) is 0 Å². The van der Waals surface area contributed by atoms with Crippen molar-refractivity contribution in [3.05, 3.63) is 40.5 Å². The monoisotopic (exact) mass is 329 g/mol. The average molecular weight is 329 g/mol. The van der Waals surface area contributed by atoms with Gasteiger partial charge in [-0.15, -0.1) is 22.7 Å². The van der Waals surface area contributed by atoms with Crippen molar-refractivity contribution in [3.63, 3.8) is 0 Å². The summed E-state index contributed by atoms with van der Waals surface area (Å²) in [5.74, 6) is 0. The Hall–Kier alpha value is -2.32. The van der Waals surface area contributed by atoms with E-state index in [1.807, 2.05) is 30.4 Å². The molecule has 0 saturated carbocycles. The smallest absolute Gasteiger partial charge is 0.277 e. The second-order valence-corrected chi connectivity index (χ2v) is 6.79. The number of pyridine rings is 1. The maximum atomic E-state index is 12.7. The molecule has 8 heteroatoms. The molecule has 0 fully saturated rings. The van der Waals surface area contributed by atoms with E-state index in [-0.39, 0.29) is 5.56 Å². The van der Waals surface area contributed by atoms with Crippen LogP contribution in [0.1, 0.15) is 0 Å². The molecule has 0 unspecified atom stereocenters. The Labute approximate surface area is 133 Å². The van der Waals surface area contributed by atoms with Gasteiger partial charge in [0.1, 0.15) is 21.4 Å². The standard InChI is InChI=1S/C14H11N5OS2/c1-18(2)8-3-4-15-12-9(8)10-11(22-12)13(20)19(7-17-10)14-16-5-6-21-14/h3-7H,1-2H3.